The fourth-order valence-electron chi connectivity index (χ4n) is 1.16. The smallest absolute Gasteiger partial charge is 0.345 e. The number of carboxylic acid groups (broad SMARTS) is 1. The van der Waals surface area contributed by atoms with Gasteiger partial charge in [-0.15, -0.1) is 11.3 Å². The van der Waals surface area contributed by atoms with Gasteiger partial charge in [-0.25, -0.2) is 4.79 Å². The molecule has 0 spiro atoms. The molecule has 88 valence electrons. The van der Waals surface area contributed by atoms with Gasteiger partial charge in [0.1, 0.15) is 4.88 Å². The zero-order valence-electron chi connectivity index (χ0n) is 9.02. The molecule has 0 bridgehead atoms. The van der Waals surface area contributed by atoms with Crippen molar-refractivity contribution in [2.75, 3.05) is 13.7 Å². The van der Waals surface area contributed by atoms with Crippen LogP contribution in [0, 0.1) is 0 Å². The zero-order chi connectivity index (χ0) is 12.1. The highest BCUT2D eigenvalue weighted by Gasteiger charge is 2.14. The van der Waals surface area contributed by atoms with E-state index < -0.39 is 5.97 Å². The second-order valence-electron chi connectivity index (χ2n) is 3.30. The number of amides is 1. The third kappa shape index (κ3) is 3.32. The topological polar surface area (TPSA) is 75.6 Å². The van der Waals surface area contributed by atoms with Gasteiger partial charge in [0, 0.05) is 13.2 Å². The van der Waals surface area contributed by atoms with Gasteiger partial charge in [0.25, 0.3) is 5.91 Å². The van der Waals surface area contributed by atoms with Gasteiger partial charge in [-0.05, 0) is 19.1 Å². The van der Waals surface area contributed by atoms with Crippen LogP contribution in [0.5, 0.6) is 0 Å². The van der Waals surface area contributed by atoms with Crippen molar-refractivity contribution in [1.82, 2.24) is 5.32 Å². The van der Waals surface area contributed by atoms with Crippen molar-refractivity contribution in [2.24, 2.45) is 0 Å². The molecule has 1 aromatic rings. The third-order valence-electron chi connectivity index (χ3n) is 1.83. The van der Waals surface area contributed by atoms with Crippen molar-refractivity contribution in [2.45, 2.75) is 13.0 Å². The molecule has 0 aliphatic heterocycles. The largest absolute Gasteiger partial charge is 0.477 e. The van der Waals surface area contributed by atoms with E-state index in [2.05, 4.69) is 5.32 Å². The summed E-state index contributed by atoms with van der Waals surface area (Å²) in [4.78, 5) is 22.8. The van der Waals surface area contributed by atoms with Crippen molar-refractivity contribution in [3.63, 3.8) is 0 Å². The molecule has 0 fully saturated rings. The SMILES string of the molecule is COC[C@@H](C)NC(=O)c1ccc(C(=O)O)s1. The van der Waals surface area contributed by atoms with E-state index in [0.717, 1.165) is 11.3 Å². The van der Waals surface area contributed by atoms with Crippen LogP contribution < -0.4 is 5.32 Å². The molecule has 0 aliphatic carbocycles. The van der Waals surface area contributed by atoms with E-state index in [1.807, 2.05) is 6.92 Å². The number of aromatic carboxylic acids is 1. The van der Waals surface area contributed by atoms with E-state index in [4.69, 9.17) is 9.84 Å². The minimum Gasteiger partial charge on any atom is -0.477 e. The van der Waals surface area contributed by atoms with E-state index in [9.17, 15) is 9.59 Å². The zero-order valence-corrected chi connectivity index (χ0v) is 9.84. The lowest BCUT2D eigenvalue weighted by Crippen LogP contribution is -2.35. The van der Waals surface area contributed by atoms with Crippen LogP contribution in [-0.4, -0.2) is 36.7 Å². The van der Waals surface area contributed by atoms with Crippen molar-refractivity contribution < 1.29 is 19.4 Å². The Labute approximate surface area is 97.0 Å². The fourth-order valence-corrected chi connectivity index (χ4v) is 1.91. The highest BCUT2D eigenvalue weighted by molar-refractivity contribution is 7.15. The molecule has 1 atom stereocenters. The summed E-state index contributed by atoms with van der Waals surface area (Å²) in [6.07, 6.45) is 0. The van der Waals surface area contributed by atoms with Gasteiger partial charge in [-0.3, -0.25) is 4.79 Å². The molecule has 16 heavy (non-hydrogen) atoms. The number of carboxylic acids is 1. The van der Waals surface area contributed by atoms with E-state index >= 15 is 0 Å². The Bertz CT molecular complexity index is 388. The average Bonchev–Trinajstić information content (AvgIpc) is 2.66. The monoisotopic (exact) mass is 243 g/mol. The van der Waals surface area contributed by atoms with E-state index in [0.29, 0.717) is 11.5 Å². The maximum Gasteiger partial charge on any atom is 0.345 e. The Hall–Kier alpha value is -1.40. The standard InChI is InChI=1S/C10H13NO4S/c1-6(5-15-2)11-9(12)7-3-4-8(16-7)10(13)14/h3-4,6H,5H2,1-2H3,(H,11,12)(H,13,14)/t6-/m1/s1. The van der Waals surface area contributed by atoms with Gasteiger partial charge < -0.3 is 15.2 Å². The van der Waals surface area contributed by atoms with Crippen LogP contribution in [0.15, 0.2) is 12.1 Å². The van der Waals surface area contributed by atoms with Crippen LogP contribution in [0.25, 0.3) is 0 Å². The van der Waals surface area contributed by atoms with Gasteiger partial charge in [-0.1, -0.05) is 0 Å². The van der Waals surface area contributed by atoms with Gasteiger partial charge >= 0.3 is 5.97 Å². The molecule has 1 amide bonds. The van der Waals surface area contributed by atoms with Gasteiger partial charge in [-0.2, -0.15) is 0 Å². The fraction of sp³-hybridized carbons (Fsp3) is 0.400. The molecule has 1 aromatic heterocycles. The number of carbonyl (C=O) groups is 2. The van der Waals surface area contributed by atoms with Gasteiger partial charge in [0.05, 0.1) is 11.5 Å². The van der Waals surface area contributed by atoms with E-state index in [1.165, 1.54) is 12.1 Å². The number of ether oxygens (including phenoxy) is 1. The molecule has 1 rings (SSSR count). The summed E-state index contributed by atoms with van der Waals surface area (Å²) in [6.45, 7) is 2.23. The summed E-state index contributed by atoms with van der Waals surface area (Å²) in [5, 5.41) is 11.4. The number of carbonyl (C=O) groups excluding carboxylic acids is 1. The Balaban J connectivity index is 2.62. The molecule has 0 unspecified atom stereocenters. The predicted molar refractivity (Wildman–Crippen MR) is 60.1 cm³/mol. The van der Waals surface area contributed by atoms with Crippen molar-refractivity contribution in [3.05, 3.63) is 21.9 Å². The molecule has 0 aliphatic rings. The predicted octanol–water partition coefficient (Wildman–Crippen LogP) is 1.21. The number of rotatable bonds is 5. The van der Waals surface area contributed by atoms with Crippen LogP contribution in [-0.2, 0) is 4.74 Å². The molecular formula is C10H13NO4S. The van der Waals surface area contributed by atoms with E-state index in [1.54, 1.807) is 7.11 Å². The number of hydrogen-bond acceptors (Lipinski definition) is 4. The van der Waals surface area contributed by atoms with Crippen molar-refractivity contribution in [1.29, 1.82) is 0 Å². The first-order valence-electron chi connectivity index (χ1n) is 4.67. The normalized spacial score (nSPS) is 12.1. The number of nitrogens with one attached hydrogen (secondary N) is 1. The first-order chi connectivity index (χ1) is 7.54. The lowest BCUT2D eigenvalue weighted by atomic mass is 10.3. The molecule has 0 aromatic carbocycles. The first-order valence-corrected chi connectivity index (χ1v) is 5.49. The second-order valence-corrected chi connectivity index (χ2v) is 4.38. The Kier molecular flexibility index (Phi) is 4.45. The van der Waals surface area contributed by atoms with E-state index in [-0.39, 0.29) is 16.8 Å². The highest BCUT2D eigenvalue weighted by atomic mass is 32.1. The lowest BCUT2D eigenvalue weighted by molar-refractivity contribution is 0.0702. The van der Waals surface area contributed by atoms with Crippen LogP contribution in [0.3, 0.4) is 0 Å². The summed E-state index contributed by atoms with van der Waals surface area (Å²) < 4.78 is 4.88. The molecule has 0 saturated heterocycles. The molecular weight excluding hydrogens is 230 g/mol. The maximum atomic E-state index is 11.6. The Morgan fingerprint density at radius 2 is 2.12 bits per heavy atom. The summed E-state index contributed by atoms with van der Waals surface area (Å²) in [5.74, 6) is -1.30. The molecule has 0 radical (unpaired) electrons. The van der Waals surface area contributed by atoms with Gasteiger partial charge in [0.2, 0.25) is 0 Å². The first kappa shape index (κ1) is 12.7. The second kappa shape index (κ2) is 5.62. The molecule has 5 nitrogen and oxygen atoms in total. The Morgan fingerprint density at radius 3 is 2.62 bits per heavy atom. The average molecular weight is 243 g/mol. The molecule has 6 heteroatoms. The number of methoxy groups -OCH3 is 1. The van der Waals surface area contributed by atoms with Crippen LogP contribution in [0.1, 0.15) is 26.3 Å². The summed E-state index contributed by atoms with van der Waals surface area (Å²) >= 11 is 0.957. The summed E-state index contributed by atoms with van der Waals surface area (Å²) in [5.41, 5.74) is 0. The minimum absolute atomic E-state index is 0.104. The lowest BCUT2D eigenvalue weighted by Gasteiger charge is -2.11. The molecule has 0 saturated carbocycles. The highest BCUT2D eigenvalue weighted by Crippen LogP contribution is 2.16. The maximum absolute atomic E-state index is 11.6. The summed E-state index contributed by atoms with van der Waals surface area (Å²) in [7, 11) is 1.55. The van der Waals surface area contributed by atoms with Crippen molar-refractivity contribution >= 4 is 23.2 Å². The quantitative estimate of drug-likeness (QED) is 0.815. The Morgan fingerprint density at radius 1 is 1.50 bits per heavy atom. The summed E-state index contributed by atoms with van der Waals surface area (Å²) in [6, 6.07) is 2.82. The van der Waals surface area contributed by atoms with Crippen LogP contribution in [0.2, 0.25) is 0 Å². The third-order valence-corrected chi connectivity index (χ3v) is 2.91. The number of hydrogen-bond donors (Lipinski definition) is 2. The molecule has 2 N–H and O–H groups in total. The van der Waals surface area contributed by atoms with Gasteiger partial charge in [0.15, 0.2) is 0 Å². The number of thiophene rings is 1. The molecule has 1 heterocycles. The van der Waals surface area contributed by atoms with Crippen molar-refractivity contribution in [3.8, 4) is 0 Å². The minimum atomic E-state index is -1.02. The van der Waals surface area contributed by atoms with Crippen LogP contribution in [0.4, 0.5) is 0 Å². The van der Waals surface area contributed by atoms with Crippen LogP contribution >= 0.6 is 11.3 Å².